The molecule has 2 heteroatoms. The van der Waals surface area contributed by atoms with Crippen LogP contribution < -0.4 is 9.80 Å². The summed E-state index contributed by atoms with van der Waals surface area (Å²) in [6.45, 7) is 9.07. The molecule has 0 radical (unpaired) electrons. The van der Waals surface area contributed by atoms with Crippen LogP contribution in [-0.4, -0.2) is 0 Å². The third-order valence-corrected chi connectivity index (χ3v) is 20.2. The summed E-state index contributed by atoms with van der Waals surface area (Å²) in [4.78, 5) is 5.14. The number of benzene rings is 16. The van der Waals surface area contributed by atoms with E-state index in [0.29, 0.717) is 0 Å². The summed E-state index contributed by atoms with van der Waals surface area (Å²) in [5, 5.41) is 7.21. The molecule has 0 saturated heterocycles. The number of para-hydroxylation sites is 2. The molecule has 0 aromatic heterocycles. The Morgan fingerprint density at radius 2 is 0.558 bits per heavy atom. The van der Waals surface area contributed by atoms with E-state index in [1.807, 2.05) is 0 Å². The zero-order chi connectivity index (χ0) is 63.7. The minimum absolute atomic E-state index is 0.538. The van der Waals surface area contributed by atoms with Crippen LogP contribution in [0.25, 0.3) is 99.1 Å². The lowest BCUT2D eigenvalue weighted by Gasteiger charge is -2.35. The fourth-order valence-electron chi connectivity index (χ4n) is 16.1. The molecule has 0 atom stereocenters. The van der Waals surface area contributed by atoms with Crippen molar-refractivity contribution >= 4 is 66.4 Å². The Labute approximate surface area is 556 Å². The molecule has 0 spiro atoms. The molecule has 0 aliphatic heterocycles. The predicted octanol–water partition coefficient (Wildman–Crippen LogP) is 25.5. The van der Waals surface area contributed by atoms with Crippen LogP contribution in [0.4, 0.5) is 34.1 Å². The fraction of sp³-hybridized carbons (Fsp3) is 0.0538. The largest absolute Gasteiger partial charge is 0.309 e. The summed E-state index contributed by atoms with van der Waals surface area (Å²) >= 11 is 0. The van der Waals surface area contributed by atoms with Crippen molar-refractivity contribution in [3.63, 3.8) is 0 Å². The zero-order valence-electron chi connectivity index (χ0n) is 53.7. The molecule has 95 heavy (non-hydrogen) atoms. The second-order valence-electron chi connectivity index (χ2n) is 25.6. The summed E-state index contributed by atoms with van der Waals surface area (Å²) in [6.07, 6.45) is 0. The van der Waals surface area contributed by atoms with E-state index in [-0.39, 0.29) is 0 Å². The van der Waals surface area contributed by atoms with E-state index in [4.69, 9.17) is 0 Å². The Balaban J connectivity index is 0.932. The van der Waals surface area contributed by atoms with E-state index in [1.54, 1.807) is 0 Å². The first-order valence-corrected chi connectivity index (χ1v) is 33.2. The minimum Gasteiger partial charge on any atom is -0.309 e. The molecule has 16 aromatic rings. The van der Waals surface area contributed by atoms with Crippen molar-refractivity contribution < 1.29 is 0 Å². The molecule has 17 rings (SSSR count). The van der Waals surface area contributed by atoms with Gasteiger partial charge in [-0.2, -0.15) is 0 Å². The highest BCUT2D eigenvalue weighted by molar-refractivity contribution is 6.32. The van der Waals surface area contributed by atoms with Crippen molar-refractivity contribution in [3.05, 3.63) is 384 Å². The molecule has 0 fully saturated rings. The smallest absolute Gasteiger partial charge is 0.0713 e. The van der Waals surface area contributed by atoms with E-state index in [0.717, 1.165) is 45.1 Å². The molecule has 0 unspecified atom stereocenters. The third-order valence-electron chi connectivity index (χ3n) is 20.2. The minimum atomic E-state index is -0.538. The maximum absolute atomic E-state index is 2.57. The van der Waals surface area contributed by atoms with Gasteiger partial charge in [-0.25, -0.2) is 0 Å². The average molecular weight is 1210 g/mol. The number of hydrogen-bond donors (Lipinski definition) is 0. The van der Waals surface area contributed by atoms with Crippen LogP contribution in [0, 0.1) is 27.7 Å². The van der Waals surface area contributed by atoms with Gasteiger partial charge < -0.3 is 9.80 Å². The fourth-order valence-corrected chi connectivity index (χ4v) is 16.1. The SMILES string of the molecule is Cc1cccc(C)c1N(c1ccc(C2(c3ccccc3)c3ccccc3-c3ccccc32)cc1)c1cc(-c2ccccc2)c2ccc3c(N(c4cccc(-c5ccccc5-c5ccccc5-c5ccccc5)c4)c4c(C)cccc4C)cc(-c4ccccc4)c4ccc1c2c43. The Hall–Kier alpha value is -11.8. The Morgan fingerprint density at radius 1 is 0.221 bits per heavy atom. The number of anilines is 6. The predicted molar refractivity (Wildman–Crippen MR) is 403 cm³/mol. The van der Waals surface area contributed by atoms with Crippen LogP contribution in [-0.2, 0) is 5.41 Å². The number of nitrogens with zero attached hydrogens (tertiary/aromatic N) is 2. The van der Waals surface area contributed by atoms with Crippen LogP contribution in [0.5, 0.6) is 0 Å². The second kappa shape index (κ2) is 23.4. The molecule has 0 bridgehead atoms. The molecule has 0 amide bonds. The van der Waals surface area contributed by atoms with Gasteiger partial charge in [-0.3, -0.25) is 0 Å². The molecule has 0 saturated carbocycles. The highest BCUT2D eigenvalue weighted by atomic mass is 15.2. The van der Waals surface area contributed by atoms with Crippen molar-refractivity contribution in [2.45, 2.75) is 33.1 Å². The van der Waals surface area contributed by atoms with Gasteiger partial charge in [0.15, 0.2) is 0 Å². The van der Waals surface area contributed by atoms with Crippen molar-refractivity contribution in [2.24, 2.45) is 0 Å². The van der Waals surface area contributed by atoms with Gasteiger partial charge in [0.2, 0.25) is 0 Å². The second-order valence-corrected chi connectivity index (χ2v) is 25.6. The Morgan fingerprint density at radius 3 is 1.02 bits per heavy atom. The van der Waals surface area contributed by atoms with Crippen molar-refractivity contribution in [2.75, 3.05) is 9.80 Å². The van der Waals surface area contributed by atoms with E-state index < -0.39 is 5.41 Å². The normalized spacial score (nSPS) is 12.3. The first-order valence-electron chi connectivity index (χ1n) is 33.2. The highest BCUT2D eigenvalue weighted by Crippen LogP contribution is 2.58. The van der Waals surface area contributed by atoms with Gasteiger partial charge in [0, 0.05) is 32.9 Å². The lowest BCUT2D eigenvalue weighted by molar-refractivity contribution is 0.768. The molecule has 16 aromatic carbocycles. The van der Waals surface area contributed by atoms with Crippen LogP contribution in [0.2, 0.25) is 0 Å². The van der Waals surface area contributed by atoms with Gasteiger partial charge in [-0.15, -0.1) is 0 Å². The van der Waals surface area contributed by atoms with Crippen LogP contribution >= 0.6 is 0 Å². The highest BCUT2D eigenvalue weighted by Gasteiger charge is 2.46. The van der Waals surface area contributed by atoms with Gasteiger partial charge in [0.1, 0.15) is 0 Å². The quantitative estimate of drug-likeness (QED) is 0.106. The van der Waals surface area contributed by atoms with E-state index in [9.17, 15) is 0 Å². The maximum atomic E-state index is 2.57. The van der Waals surface area contributed by atoms with Gasteiger partial charge in [0.25, 0.3) is 0 Å². The monoisotopic (exact) mass is 1210 g/mol. The first-order chi connectivity index (χ1) is 46.8. The van der Waals surface area contributed by atoms with E-state index >= 15 is 0 Å². The topological polar surface area (TPSA) is 6.48 Å². The van der Waals surface area contributed by atoms with E-state index in [2.05, 4.69) is 377 Å². The van der Waals surface area contributed by atoms with Crippen LogP contribution in [0.3, 0.4) is 0 Å². The molecular weight excluding hydrogens is 1150 g/mol. The van der Waals surface area contributed by atoms with Gasteiger partial charge in [0.05, 0.1) is 28.2 Å². The molecule has 1 aliphatic carbocycles. The van der Waals surface area contributed by atoms with Crippen molar-refractivity contribution in [1.29, 1.82) is 0 Å². The maximum Gasteiger partial charge on any atom is 0.0713 e. The van der Waals surface area contributed by atoms with Crippen molar-refractivity contribution in [1.82, 2.24) is 0 Å². The molecule has 0 heterocycles. The Bertz CT molecular complexity index is 5490. The lowest BCUT2D eigenvalue weighted by Crippen LogP contribution is -2.28. The van der Waals surface area contributed by atoms with Crippen molar-refractivity contribution in [3.8, 4) is 66.8 Å². The number of aryl methyl sites for hydroxylation is 4. The lowest BCUT2D eigenvalue weighted by atomic mass is 9.67. The molecular formula is C93H68N2. The summed E-state index contributed by atoms with van der Waals surface area (Å²) in [5.74, 6) is 0. The number of hydrogen-bond acceptors (Lipinski definition) is 2. The van der Waals surface area contributed by atoms with Crippen LogP contribution in [0.15, 0.2) is 340 Å². The number of fused-ring (bicyclic) bond motifs is 3. The van der Waals surface area contributed by atoms with Gasteiger partial charge >= 0.3 is 0 Å². The summed E-state index contributed by atoms with van der Waals surface area (Å²) < 4.78 is 0. The van der Waals surface area contributed by atoms with Gasteiger partial charge in [-0.05, 0) is 186 Å². The zero-order valence-corrected chi connectivity index (χ0v) is 53.7. The van der Waals surface area contributed by atoms with Crippen LogP contribution in [0.1, 0.15) is 44.5 Å². The molecule has 0 N–H and O–H groups in total. The molecule has 2 nitrogen and oxygen atoms in total. The first kappa shape index (κ1) is 57.1. The van der Waals surface area contributed by atoms with E-state index in [1.165, 1.54) is 133 Å². The molecule has 1 aliphatic rings. The molecule has 450 valence electrons. The standard InChI is InChI=1S/C93H68N2/c1-61-28-25-29-62(2)91(61)94(71-52-50-70(51-53-71)93(69-39-15-8-16-40-69)85-48-23-21-46-77(85)78-47-22-24-49-86(78)93)87-59-83(66-34-11-6-12-35-66)79-55-57-82-88(60-84(67-36-13-7-14-37-67)80-54-56-81(87)89(79)90(80)82)95(92-63(3)30-26-31-64(92)4)72-41-27-38-68(58-72)74-43-18-20-45-76(74)75-44-19-17-42-73(75)65-32-9-5-10-33-65/h5-60H,1-4H3. The van der Waals surface area contributed by atoms with Gasteiger partial charge in [-0.1, -0.05) is 303 Å². The third kappa shape index (κ3) is 9.31. The Kier molecular flexibility index (Phi) is 14.0. The average Bonchev–Trinajstić information content (AvgIpc) is 1.51. The summed E-state index contributed by atoms with van der Waals surface area (Å²) in [5.41, 5.74) is 30.4. The number of rotatable bonds is 13. The summed E-state index contributed by atoms with van der Waals surface area (Å²) in [7, 11) is 0. The summed E-state index contributed by atoms with van der Waals surface area (Å²) in [6, 6.07) is 127.